The van der Waals surface area contributed by atoms with Crippen LogP contribution in [0.15, 0.2) is 24.3 Å². The van der Waals surface area contributed by atoms with E-state index in [1.54, 1.807) is 19.1 Å². The van der Waals surface area contributed by atoms with Crippen molar-refractivity contribution in [2.75, 3.05) is 29.9 Å². The van der Waals surface area contributed by atoms with E-state index < -0.39 is 12.3 Å². The van der Waals surface area contributed by atoms with E-state index in [9.17, 15) is 18.0 Å². The van der Waals surface area contributed by atoms with Crippen LogP contribution in [0.3, 0.4) is 0 Å². The average Bonchev–Trinajstić information content (AvgIpc) is 3.10. The lowest BCUT2D eigenvalue weighted by Crippen LogP contribution is -2.39. The Kier molecular flexibility index (Phi) is 5.90. The number of anilines is 2. The molecule has 11 heteroatoms. The van der Waals surface area contributed by atoms with Gasteiger partial charge in [-0.2, -0.15) is 5.21 Å². The van der Waals surface area contributed by atoms with Gasteiger partial charge in [0.25, 0.3) is 0 Å². The minimum Gasteiger partial charge on any atom is -0.461 e. The minimum atomic E-state index is -4.70. The number of piperidine rings is 1. The molecule has 0 spiro atoms. The van der Waals surface area contributed by atoms with E-state index in [0.717, 1.165) is 18.5 Å². The van der Waals surface area contributed by atoms with Gasteiger partial charge in [0.2, 0.25) is 5.69 Å². The molecule has 152 valence electrons. The van der Waals surface area contributed by atoms with Crippen molar-refractivity contribution in [2.45, 2.75) is 32.2 Å². The summed E-state index contributed by atoms with van der Waals surface area (Å²) >= 11 is 0. The summed E-state index contributed by atoms with van der Waals surface area (Å²) in [5, 5.41) is 13.4. The highest BCUT2D eigenvalue weighted by molar-refractivity contribution is 5.92. The van der Waals surface area contributed by atoms with E-state index in [-0.39, 0.29) is 24.1 Å². The summed E-state index contributed by atoms with van der Waals surface area (Å²) in [6, 6.07) is 5.89. The topological polar surface area (TPSA) is 92.4 Å². The molecule has 0 saturated carbocycles. The molecule has 0 unspecified atom stereocenters. The summed E-state index contributed by atoms with van der Waals surface area (Å²) in [5.74, 6) is -0.437. The van der Waals surface area contributed by atoms with Gasteiger partial charge in [0.05, 0.1) is 6.61 Å². The van der Waals surface area contributed by atoms with Crippen molar-refractivity contribution >= 4 is 17.5 Å². The van der Waals surface area contributed by atoms with Crippen LogP contribution in [0, 0.1) is 0 Å². The smallest absolute Gasteiger partial charge is 0.461 e. The second-order valence-electron chi connectivity index (χ2n) is 6.19. The van der Waals surface area contributed by atoms with Gasteiger partial charge >= 0.3 is 12.3 Å². The number of hydrogen-bond donors (Lipinski definition) is 2. The van der Waals surface area contributed by atoms with E-state index in [2.05, 4.69) is 30.4 Å². The van der Waals surface area contributed by atoms with Crippen LogP contribution in [-0.2, 0) is 4.74 Å². The van der Waals surface area contributed by atoms with Crippen LogP contribution in [0.25, 0.3) is 0 Å². The molecule has 1 aromatic heterocycles. The summed E-state index contributed by atoms with van der Waals surface area (Å²) in [6.45, 7) is 3.35. The Morgan fingerprint density at radius 3 is 2.54 bits per heavy atom. The summed E-state index contributed by atoms with van der Waals surface area (Å²) in [5.41, 5.74) is 0.936. The van der Waals surface area contributed by atoms with E-state index in [0.29, 0.717) is 18.9 Å². The van der Waals surface area contributed by atoms with Gasteiger partial charge in [0, 0.05) is 24.8 Å². The fourth-order valence-corrected chi connectivity index (χ4v) is 3.01. The number of nitrogens with one attached hydrogen (secondary N) is 2. The fraction of sp³-hybridized carbons (Fsp3) is 0.471. The maximum Gasteiger partial charge on any atom is 0.573 e. The van der Waals surface area contributed by atoms with Crippen LogP contribution in [-0.4, -0.2) is 53.5 Å². The van der Waals surface area contributed by atoms with Crippen molar-refractivity contribution in [2.24, 2.45) is 0 Å². The number of ether oxygens (including phenoxy) is 2. The summed E-state index contributed by atoms with van der Waals surface area (Å²) in [6.07, 6.45) is -3.18. The Labute approximate surface area is 159 Å². The maximum absolute atomic E-state index is 12.2. The van der Waals surface area contributed by atoms with Crippen LogP contribution in [0.5, 0.6) is 5.75 Å². The number of hydrogen-bond acceptors (Lipinski definition) is 7. The zero-order valence-electron chi connectivity index (χ0n) is 15.1. The minimum absolute atomic E-state index is 0.0855. The van der Waals surface area contributed by atoms with Gasteiger partial charge in [0.1, 0.15) is 5.75 Å². The number of halogens is 3. The van der Waals surface area contributed by atoms with Gasteiger partial charge in [0.15, 0.2) is 5.82 Å². The van der Waals surface area contributed by atoms with E-state index in [4.69, 9.17) is 4.74 Å². The standard InChI is InChI=1S/C17H20F3N5O3/c1-2-27-16(26)14-15(23-24-22-14)21-11-7-9-25(10-8-11)12-3-5-13(6-4-12)28-17(18,19)20/h3-6,11H,2,7-10H2,1H3,(H2,21,22,23,24). The van der Waals surface area contributed by atoms with Crippen LogP contribution in [0.2, 0.25) is 0 Å². The molecule has 1 fully saturated rings. The van der Waals surface area contributed by atoms with Gasteiger partial charge in [-0.05, 0) is 44.0 Å². The van der Waals surface area contributed by atoms with Gasteiger partial charge in [-0.3, -0.25) is 0 Å². The highest BCUT2D eigenvalue weighted by Crippen LogP contribution is 2.27. The number of rotatable bonds is 6. The summed E-state index contributed by atoms with van der Waals surface area (Å²) < 4.78 is 45.5. The molecule has 0 bridgehead atoms. The maximum atomic E-state index is 12.2. The molecule has 2 N–H and O–H groups in total. The Morgan fingerprint density at radius 2 is 1.93 bits per heavy atom. The van der Waals surface area contributed by atoms with Crippen LogP contribution in [0.1, 0.15) is 30.3 Å². The Morgan fingerprint density at radius 1 is 1.25 bits per heavy atom. The Bertz CT molecular complexity index is 786. The Hall–Kier alpha value is -2.98. The third-order valence-corrected chi connectivity index (χ3v) is 4.29. The van der Waals surface area contributed by atoms with Crippen molar-refractivity contribution in [1.29, 1.82) is 0 Å². The van der Waals surface area contributed by atoms with Crippen LogP contribution >= 0.6 is 0 Å². The van der Waals surface area contributed by atoms with Crippen molar-refractivity contribution in [3.63, 3.8) is 0 Å². The molecule has 8 nitrogen and oxygen atoms in total. The highest BCUT2D eigenvalue weighted by atomic mass is 19.4. The quantitative estimate of drug-likeness (QED) is 0.722. The molecule has 1 aromatic carbocycles. The largest absolute Gasteiger partial charge is 0.573 e. The molecule has 0 radical (unpaired) electrons. The molecule has 2 heterocycles. The fourth-order valence-electron chi connectivity index (χ4n) is 3.01. The second-order valence-corrected chi connectivity index (χ2v) is 6.19. The number of aromatic amines is 1. The average molecular weight is 399 g/mol. The number of aromatic nitrogens is 3. The predicted molar refractivity (Wildman–Crippen MR) is 94.3 cm³/mol. The summed E-state index contributed by atoms with van der Waals surface area (Å²) in [7, 11) is 0. The third-order valence-electron chi connectivity index (χ3n) is 4.29. The lowest BCUT2D eigenvalue weighted by Gasteiger charge is -2.34. The van der Waals surface area contributed by atoms with Crippen molar-refractivity contribution in [3.8, 4) is 5.75 Å². The molecule has 28 heavy (non-hydrogen) atoms. The predicted octanol–water partition coefficient (Wildman–Crippen LogP) is 2.96. The molecule has 0 atom stereocenters. The normalized spacial score (nSPS) is 15.4. The van der Waals surface area contributed by atoms with Gasteiger partial charge in [-0.1, -0.05) is 0 Å². The number of nitrogens with zero attached hydrogens (tertiary/aromatic N) is 3. The van der Waals surface area contributed by atoms with Gasteiger partial charge in [-0.15, -0.1) is 23.4 Å². The molecule has 1 saturated heterocycles. The molecule has 0 amide bonds. The monoisotopic (exact) mass is 399 g/mol. The molecular weight excluding hydrogens is 379 g/mol. The molecule has 0 aliphatic carbocycles. The lowest BCUT2D eigenvalue weighted by atomic mass is 10.0. The number of esters is 1. The van der Waals surface area contributed by atoms with Crippen LogP contribution in [0.4, 0.5) is 24.7 Å². The first-order chi connectivity index (χ1) is 13.4. The lowest BCUT2D eigenvalue weighted by molar-refractivity contribution is -0.274. The van der Waals surface area contributed by atoms with Crippen molar-refractivity contribution < 1.29 is 27.4 Å². The van der Waals surface area contributed by atoms with E-state index >= 15 is 0 Å². The zero-order valence-corrected chi connectivity index (χ0v) is 15.1. The number of carbonyl (C=O) groups excluding carboxylic acids is 1. The second kappa shape index (κ2) is 8.36. The highest BCUT2D eigenvalue weighted by Gasteiger charge is 2.31. The zero-order chi connectivity index (χ0) is 20.1. The van der Waals surface area contributed by atoms with Crippen LogP contribution < -0.4 is 15.0 Å². The molecular formula is C17H20F3N5O3. The van der Waals surface area contributed by atoms with E-state index in [1.165, 1.54) is 12.1 Å². The van der Waals surface area contributed by atoms with Gasteiger partial charge in [-0.25, -0.2) is 4.79 Å². The molecule has 1 aliphatic rings. The first kappa shape index (κ1) is 19.8. The SMILES string of the molecule is CCOC(=O)c1n[nH]nc1NC1CCN(c2ccc(OC(F)(F)F)cc2)CC1. The van der Waals surface area contributed by atoms with Gasteiger partial charge < -0.3 is 19.7 Å². The third kappa shape index (κ3) is 5.05. The van der Waals surface area contributed by atoms with Crippen molar-refractivity contribution in [1.82, 2.24) is 15.4 Å². The van der Waals surface area contributed by atoms with Crippen molar-refractivity contribution in [3.05, 3.63) is 30.0 Å². The number of benzene rings is 1. The van der Waals surface area contributed by atoms with E-state index in [1.807, 2.05) is 0 Å². The summed E-state index contributed by atoms with van der Waals surface area (Å²) in [4.78, 5) is 13.9. The first-order valence-corrected chi connectivity index (χ1v) is 8.81. The molecule has 2 aromatic rings. The number of alkyl halides is 3. The molecule has 1 aliphatic heterocycles. The Balaban J connectivity index is 1.54. The first-order valence-electron chi connectivity index (χ1n) is 8.81. The molecule has 3 rings (SSSR count). The number of carbonyl (C=O) groups is 1. The number of H-pyrrole nitrogens is 1.